The molecule has 0 amide bonds. The van der Waals surface area contributed by atoms with Crippen molar-refractivity contribution >= 4 is 16.7 Å². The van der Waals surface area contributed by atoms with Crippen molar-refractivity contribution in [1.29, 1.82) is 0 Å². The zero-order valence-corrected chi connectivity index (χ0v) is 11.3. The number of fused-ring (bicyclic) bond motifs is 1. The van der Waals surface area contributed by atoms with Gasteiger partial charge >= 0.3 is 12.0 Å². The summed E-state index contributed by atoms with van der Waals surface area (Å²) in [4.78, 5) is 11.9. The number of methoxy groups -OCH3 is 1. The molecule has 0 aliphatic heterocycles. The van der Waals surface area contributed by atoms with Gasteiger partial charge in [0.15, 0.2) is 0 Å². The number of aromatic nitrogens is 3. The van der Waals surface area contributed by atoms with Crippen molar-refractivity contribution in [3.05, 3.63) is 42.5 Å². The van der Waals surface area contributed by atoms with Crippen molar-refractivity contribution in [3.8, 4) is 17.8 Å². The van der Waals surface area contributed by atoms with Gasteiger partial charge < -0.3 is 9.47 Å². The SMILES string of the molecule is COc1nc(NN)nc(Oc2ccc3ccccc3c2)n1. The molecule has 3 N–H and O–H groups in total. The average Bonchev–Trinajstić information content (AvgIpc) is 2.54. The monoisotopic (exact) mass is 283 g/mol. The molecule has 0 atom stereocenters. The highest BCUT2D eigenvalue weighted by atomic mass is 16.5. The Balaban J connectivity index is 1.94. The molecule has 0 aliphatic carbocycles. The molecule has 0 bridgehead atoms. The van der Waals surface area contributed by atoms with E-state index in [-0.39, 0.29) is 18.0 Å². The van der Waals surface area contributed by atoms with E-state index < -0.39 is 0 Å². The van der Waals surface area contributed by atoms with Crippen molar-refractivity contribution in [2.24, 2.45) is 5.84 Å². The van der Waals surface area contributed by atoms with Gasteiger partial charge in [-0.15, -0.1) is 4.98 Å². The van der Waals surface area contributed by atoms with Gasteiger partial charge in [-0.05, 0) is 22.9 Å². The summed E-state index contributed by atoms with van der Waals surface area (Å²) >= 11 is 0. The van der Waals surface area contributed by atoms with E-state index in [1.165, 1.54) is 7.11 Å². The second-order valence-corrected chi connectivity index (χ2v) is 4.18. The summed E-state index contributed by atoms with van der Waals surface area (Å²) in [6, 6.07) is 13.9. The molecule has 1 aromatic heterocycles. The summed E-state index contributed by atoms with van der Waals surface area (Å²) < 4.78 is 10.6. The van der Waals surface area contributed by atoms with Crippen LogP contribution in [-0.4, -0.2) is 22.1 Å². The largest absolute Gasteiger partial charge is 0.467 e. The summed E-state index contributed by atoms with van der Waals surface area (Å²) in [5.41, 5.74) is 2.34. The molecule has 0 saturated heterocycles. The molecular formula is C14H13N5O2. The zero-order chi connectivity index (χ0) is 14.7. The highest BCUT2D eigenvalue weighted by Crippen LogP contribution is 2.24. The van der Waals surface area contributed by atoms with Crippen molar-refractivity contribution < 1.29 is 9.47 Å². The molecule has 0 unspecified atom stereocenters. The van der Waals surface area contributed by atoms with Gasteiger partial charge in [0.2, 0.25) is 5.95 Å². The number of hydrogen-bond acceptors (Lipinski definition) is 7. The van der Waals surface area contributed by atoms with Crippen molar-refractivity contribution in [2.45, 2.75) is 0 Å². The third-order valence-corrected chi connectivity index (χ3v) is 2.84. The number of anilines is 1. The third kappa shape index (κ3) is 2.82. The Bertz CT molecular complexity index is 756. The normalized spacial score (nSPS) is 10.4. The zero-order valence-electron chi connectivity index (χ0n) is 11.3. The van der Waals surface area contributed by atoms with E-state index in [1.807, 2.05) is 42.5 Å². The predicted octanol–water partition coefficient (Wildman–Crippen LogP) is 2.11. The van der Waals surface area contributed by atoms with Crippen LogP contribution >= 0.6 is 0 Å². The molecule has 0 fully saturated rings. The molecule has 3 aromatic rings. The lowest BCUT2D eigenvalue weighted by atomic mass is 10.1. The molecule has 21 heavy (non-hydrogen) atoms. The second-order valence-electron chi connectivity index (χ2n) is 4.18. The van der Waals surface area contributed by atoms with Gasteiger partial charge in [-0.1, -0.05) is 30.3 Å². The second kappa shape index (κ2) is 5.59. The van der Waals surface area contributed by atoms with Gasteiger partial charge in [-0.3, -0.25) is 5.43 Å². The molecule has 2 aromatic carbocycles. The number of ether oxygens (including phenoxy) is 2. The average molecular weight is 283 g/mol. The van der Waals surface area contributed by atoms with E-state index in [4.69, 9.17) is 15.3 Å². The molecule has 1 heterocycles. The number of rotatable bonds is 4. The molecule has 0 spiro atoms. The van der Waals surface area contributed by atoms with E-state index in [0.717, 1.165) is 10.8 Å². The fraction of sp³-hybridized carbons (Fsp3) is 0.0714. The van der Waals surface area contributed by atoms with E-state index in [2.05, 4.69) is 20.4 Å². The number of benzene rings is 2. The quantitative estimate of drug-likeness (QED) is 0.559. The smallest absolute Gasteiger partial charge is 0.330 e. The van der Waals surface area contributed by atoms with Crippen molar-refractivity contribution in [1.82, 2.24) is 15.0 Å². The summed E-state index contributed by atoms with van der Waals surface area (Å²) in [6.45, 7) is 0. The number of nitrogens with two attached hydrogens (primary N) is 1. The minimum atomic E-state index is 0.102. The highest BCUT2D eigenvalue weighted by Gasteiger charge is 2.08. The van der Waals surface area contributed by atoms with Crippen LogP contribution < -0.4 is 20.7 Å². The molecule has 106 valence electrons. The van der Waals surface area contributed by atoms with Crippen LogP contribution in [-0.2, 0) is 0 Å². The van der Waals surface area contributed by atoms with Gasteiger partial charge in [0.25, 0.3) is 0 Å². The van der Waals surface area contributed by atoms with Crippen molar-refractivity contribution in [2.75, 3.05) is 12.5 Å². The van der Waals surface area contributed by atoms with Gasteiger partial charge in [0, 0.05) is 0 Å². The van der Waals surface area contributed by atoms with E-state index >= 15 is 0 Å². The summed E-state index contributed by atoms with van der Waals surface area (Å²) in [7, 11) is 1.45. The highest BCUT2D eigenvalue weighted by molar-refractivity contribution is 5.83. The Labute approximate surface area is 120 Å². The Kier molecular flexibility index (Phi) is 3.48. The van der Waals surface area contributed by atoms with Gasteiger partial charge in [0.05, 0.1) is 7.11 Å². The predicted molar refractivity (Wildman–Crippen MR) is 78.2 cm³/mol. The number of nitrogen functional groups attached to an aromatic ring is 1. The van der Waals surface area contributed by atoms with Gasteiger partial charge in [-0.25, -0.2) is 5.84 Å². The minimum absolute atomic E-state index is 0.102. The first-order valence-corrected chi connectivity index (χ1v) is 6.22. The topological polar surface area (TPSA) is 95.2 Å². The van der Waals surface area contributed by atoms with Crippen molar-refractivity contribution in [3.63, 3.8) is 0 Å². The maximum Gasteiger partial charge on any atom is 0.330 e. The van der Waals surface area contributed by atoms with Crippen LogP contribution in [0, 0.1) is 0 Å². The van der Waals surface area contributed by atoms with Gasteiger partial charge in [-0.2, -0.15) is 9.97 Å². The van der Waals surface area contributed by atoms with Crippen LogP contribution in [0.1, 0.15) is 0 Å². The third-order valence-electron chi connectivity index (χ3n) is 2.84. The molecule has 0 aliphatic rings. The number of hydrogen-bond donors (Lipinski definition) is 2. The summed E-state index contributed by atoms with van der Waals surface area (Å²) in [5, 5.41) is 2.19. The molecular weight excluding hydrogens is 270 g/mol. The van der Waals surface area contributed by atoms with Crippen LogP contribution in [0.4, 0.5) is 5.95 Å². The molecule has 3 rings (SSSR count). The molecule has 0 saturated carbocycles. The lowest BCUT2D eigenvalue weighted by molar-refractivity contribution is 0.360. The maximum atomic E-state index is 5.63. The first kappa shape index (κ1) is 13.1. The van der Waals surface area contributed by atoms with Crippen LogP contribution in [0.2, 0.25) is 0 Å². The van der Waals surface area contributed by atoms with Crippen LogP contribution in [0.3, 0.4) is 0 Å². The van der Waals surface area contributed by atoms with Crippen LogP contribution in [0.5, 0.6) is 17.8 Å². The number of hydrazine groups is 1. The minimum Gasteiger partial charge on any atom is -0.467 e. The van der Waals surface area contributed by atoms with E-state index in [9.17, 15) is 0 Å². The summed E-state index contributed by atoms with van der Waals surface area (Å²) in [5.74, 6) is 6.08. The first-order valence-electron chi connectivity index (χ1n) is 6.22. The van der Waals surface area contributed by atoms with E-state index in [1.54, 1.807) is 0 Å². The fourth-order valence-corrected chi connectivity index (χ4v) is 1.88. The Morgan fingerprint density at radius 1 is 0.952 bits per heavy atom. The van der Waals surface area contributed by atoms with Gasteiger partial charge in [0.1, 0.15) is 5.75 Å². The Morgan fingerprint density at radius 3 is 2.48 bits per heavy atom. The Morgan fingerprint density at radius 2 is 1.71 bits per heavy atom. The van der Waals surface area contributed by atoms with Crippen LogP contribution in [0.15, 0.2) is 42.5 Å². The first-order chi connectivity index (χ1) is 10.3. The molecule has 0 radical (unpaired) electrons. The fourth-order valence-electron chi connectivity index (χ4n) is 1.88. The lowest BCUT2D eigenvalue weighted by Gasteiger charge is -2.07. The Hall–Kier alpha value is -2.93. The number of nitrogens with one attached hydrogen (secondary N) is 1. The molecule has 7 heteroatoms. The standard InChI is InChI=1S/C14H13N5O2/c1-20-13-16-12(19-15)17-14(18-13)21-11-7-6-9-4-2-3-5-10(9)8-11/h2-8H,15H2,1H3,(H,16,17,18,19). The molecule has 7 nitrogen and oxygen atoms in total. The number of nitrogens with zero attached hydrogens (tertiary/aromatic N) is 3. The van der Waals surface area contributed by atoms with Crippen LogP contribution in [0.25, 0.3) is 10.8 Å². The summed E-state index contributed by atoms with van der Waals surface area (Å²) in [6.07, 6.45) is 0. The lowest BCUT2D eigenvalue weighted by Crippen LogP contribution is -2.12. The maximum absolute atomic E-state index is 5.63. The van der Waals surface area contributed by atoms with E-state index in [0.29, 0.717) is 5.75 Å².